The first-order valence-corrected chi connectivity index (χ1v) is 5.46. The number of halogens is 1. The van der Waals surface area contributed by atoms with Gasteiger partial charge in [-0.25, -0.2) is 5.48 Å². The topological polar surface area (TPSA) is 49.3 Å². The van der Waals surface area contributed by atoms with E-state index in [-0.39, 0.29) is 0 Å². The van der Waals surface area contributed by atoms with Crippen LogP contribution >= 0.6 is 22.9 Å². The molecule has 1 aromatic carbocycles. The summed E-state index contributed by atoms with van der Waals surface area (Å²) in [5.41, 5.74) is 2.69. The van der Waals surface area contributed by atoms with Gasteiger partial charge in [0, 0.05) is 10.1 Å². The molecule has 2 aromatic rings. The zero-order chi connectivity index (χ0) is 11.0. The summed E-state index contributed by atoms with van der Waals surface area (Å²) in [7, 11) is 0. The van der Waals surface area contributed by atoms with Crippen molar-refractivity contribution in [1.82, 2.24) is 5.48 Å². The number of benzene rings is 1. The zero-order valence-corrected chi connectivity index (χ0v) is 9.45. The number of amides is 1. The van der Waals surface area contributed by atoms with Crippen molar-refractivity contribution in [3.8, 4) is 0 Å². The largest absolute Gasteiger partial charge is 0.288 e. The van der Waals surface area contributed by atoms with E-state index in [4.69, 9.17) is 16.8 Å². The van der Waals surface area contributed by atoms with Gasteiger partial charge in [-0.3, -0.25) is 10.0 Å². The van der Waals surface area contributed by atoms with E-state index in [0.29, 0.717) is 9.90 Å². The Morgan fingerprint density at radius 3 is 2.93 bits per heavy atom. The number of carbonyl (C=O) groups excluding carboxylic acids is 1. The molecule has 0 fully saturated rings. The van der Waals surface area contributed by atoms with Gasteiger partial charge in [-0.15, -0.1) is 11.3 Å². The molecule has 1 amide bonds. The van der Waals surface area contributed by atoms with E-state index in [9.17, 15) is 4.79 Å². The highest BCUT2D eigenvalue weighted by Crippen LogP contribution is 2.35. The highest BCUT2D eigenvalue weighted by Gasteiger charge is 2.16. The van der Waals surface area contributed by atoms with E-state index in [1.54, 1.807) is 5.48 Å². The Morgan fingerprint density at radius 1 is 1.53 bits per heavy atom. The molecule has 0 atom stereocenters. The lowest BCUT2D eigenvalue weighted by molar-refractivity contribution is 0.0711. The summed E-state index contributed by atoms with van der Waals surface area (Å²) in [6.45, 7) is 1.97. The monoisotopic (exact) mass is 241 g/mol. The number of aryl methyl sites for hydroxylation is 1. The van der Waals surface area contributed by atoms with Crippen LogP contribution in [0.5, 0.6) is 0 Å². The van der Waals surface area contributed by atoms with Gasteiger partial charge in [-0.1, -0.05) is 23.7 Å². The lowest BCUT2D eigenvalue weighted by Gasteiger charge is -1.93. The Bertz CT molecular complexity index is 535. The van der Waals surface area contributed by atoms with Crippen molar-refractivity contribution in [2.24, 2.45) is 0 Å². The molecule has 0 unspecified atom stereocenters. The van der Waals surface area contributed by atoms with Gasteiger partial charge in [0.05, 0.1) is 5.02 Å². The number of thiophene rings is 1. The van der Waals surface area contributed by atoms with Gasteiger partial charge in [0.15, 0.2) is 0 Å². The Kier molecular flexibility index (Phi) is 2.65. The standard InChI is InChI=1S/C10H8ClNO2S/c1-5-2-3-6-7(4-5)15-9(8(6)11)10(13)12-14/h2-4,14H,1H3,(H,12,13). The van der Waals surface area contributed by atoms with Crippen LogP contribution in [0.1, 0.15) is 15.2 Å². The van der Waals surface area contributed by atoms with Crippen molar-refractivity contribution in [2.75, 3.05) is 0 Å². The van der Waals surface area contributed by atoms with Crippen molar-refractivity contribution in [3.05, 3.63) is 33.7 Å². The Balaban J connectivity index is 2.69. The number of nitrogens with one attached hydrogen (secondary N) is 1. The molecule has 0 aliphatic carbocycles. The molecule has 1 aromatic heterocycles. The number of hydrogen-bond acceptors (Lipinski definition) is 3. The van der Waals surface area contributed by atoms with Crippen LogP contribution in [0.3, 0.4) is 0 Å². The predicted molar refractivity (Wildman–Crippen MR) is 60.8 cm³/mol. The normalized spacial score (nSPS) is 10.6. The van der Waals surface area contributed by atoms with Gasteiger partial charge in [0.2, 0.25) is 0 Å². The molecular weight excluding hydrogens is 234 g/mol. The zero-order valence-electron chi connectivity index (χ0n) is 7.87. The minimum Gasteiger partial charge on any atom is -0.288 e. The number of rotatable bonds is 1. The van der Waals surface area contributed by atoms with E-state index in [2.05, 4.69) is 0 Å². The maximum atomic E-state index is 11.3. The summed E-state index contributed by atoms with van der Waals surface area (Å²) in [5, 5.41) is 9.77. The summed E-state index contributed by atoms with van der Waals surface area (Å²) in [6, 6.07) is 5.76. The summed E-state index contributed by atoms with van der Waals surface area (Å²) in [6.07, 6.45) is 0. The first-order chi connectivity index (χ1) is 7.13. The second-order valence-corrected chi connectivity index (χ2v) is 4.62. The minimum absolute atomic E-state index is 0.333. The Labute approximate surface area is 95.2 Å². The molecule has 0 aliphatic heterocycles. The first-order valence-electron chi connectivity index (χ1n) is 4.26. The third-order valence-electron chi connectivity index (χ3n) is 2.09. The summed E-state index contributed by atoms with van der Waals surface area (Å²) in [5.74, 6) is -0.571. The maximum Gasteiger partial charge on any atom is 0.286 e. The molecule has 15 heavy (non-hydrogen) atoms. The highest BCUT2D eigenvalue weighted by molar-refractivity contribution is 7.21. The quantitative estimate of drug-likeness (QED) is 0.596. The number of hydrogen-bond donors (Lipinski definition) is 2. The van der Waals surface area contributed by atoms with Crippen LogP contribution in [0.15, 0.2) is 18.2 Å². The van der Waals surface area contributed by atoms with Crippen LogP contribution in [-0.2, 0) is 0 Å². The molecular formula is C10H8ClNO2S. The molecule has 0 bridgehead atoms. The summed E-state index contributed by atoms with van der Waals surface area (Å²) >= 11 is 7.29. The molecule has 0 saturated heterocycles. The average molecular weight is 242 g/mol. The second kappa shape index (κ2) is 3.81. The third-order valence-corrected chi connectivity index (χ3v) is 3.75. The van der Waals surface area contributed by atoms with E-state index in [0.717, 1.165) is 15.6 Å². The number of hydroxylamine groups is 1. The molecule has 0 aliphatic rings. The average Bonchev–Trinajstić information content (AvgIpc) is 2.54. The maximum absolute atomic E-state index is 11.3. The van der Waals surface area contributed by atoms with Gasteiger partial charge < -0.3 is 0 Å². The predicted octanol–water partition coefficient (Wildman–Crippen LogP) is 2.98. The van der Waals surface area contributed by atoms with Crippen LogP contribution in [0, 0.1) is 6.92 Å². The van der Waals surface area contributed by atoms with Gasteiger partial charge in [0.1, 0.15) is 4.88 Å². The van der Waals surface area contributed by atoms with Crippen LogP contribution in [0.2, 0.25) is 5.02 Å². The SMILES string of the molecule is Cc1ccc2c(Cl)c(C(=O)NO)sc2c1. The number of carbonyl (C=O) groups is 1. The van der Waals surface area contributed by atoms with Crippen molar-refractivity contribution in [3.63, 3.8) is 0 Å². The van der Waals surface area contributed by atoms with Gasteiger partial charge in [0.25, 0.3) is 5.91 Å². The molecule has 78 valence electrons. The van der Waals surface area contributed by atoms with Crippen LogP contribution in [0.25, 0.3) is 10.1 Å². The van der Waals surface area contributed by atoms with Crippen molar-refractivity contribution < 1.29 is 10.0 Å². The molecule has 3 nitrogen and oxygen atoms in total. The van der Waals surface area contributed by atoms with Crippen molar-refractivity contribution in [1.29, 1.82) is 0 Å². The van der Waals surface area contributed by atoms with Gasteiger partial charge in [-0.05, 0) is 18.6 Å². The molecule has 2 N–H and O–H groups in total. The molecule has 5 heteroatoms. The van der Waals surface area contributed by atoms with E-state index in [1.807, 2.05) is 25.1 Å². The molecule has 0 saturated carbocycles. The molecule has 2 rings (SSSR count). The van der Waals surface area contributed by atoms with Crippen LogP contribution in [-0.4, -0.2) is 11.1 Å². The van der Waals surface area contributed by atoms with E-state index < -0.39 is 5.91 Å². The van der Waals surface area contributed by atoms with Gasteiger partial charge in [-0.2, -0.15) is 0 Å². The lowest BCUT2D eigenvalue weighted by atomic mass is 10.2. The second-order valence-electron chi connectivity index (χ2n) is 3.19. The smallest absolute Gasteiger partial charge is 0.286 e. The van der Waals surface area contributed by atoms with Crippen LogP contribution in [0.4, 0.5) is 0 Å². The Morgan fingerprint density at radius 2 is 2.27 bits per heavy atom. The summed E-state index contributed by atoms with van der Waals surface area (Å²) < 4.78 is 0.943. The van der Waals surface area contributed by atoms with E-state index >= 15 is 0 Å². The minimum atomic E-state index is -0.571. The highest BCUT2D eigenvalue weighted by atomic mass is 35.5. The molecule has 1 heterocycles. The van der Waals surface area contributed by atoms with Crippen molar-refractivity contribution in [2.45, 2.75) is 6.92 Å². The molecule has 0 radical (unpaired) electrons. The fourth-order valence-electron chi connectivity index (χ4n) is 1.37. The number of fused-ring (bicyclic) bond motifs is 1. The first kappa shape index (κ1) is 10.4. The Hall–Kier alpha value is -1.10. The summed E-state index contributed by atoms with van der Waals surface area (Å²) in [4.78, 5) is 11.6. The molecule has 0 spiro atoms. The fourth-order valence-corrected chi connectivity index (χ4v) is 2.87. The lowest BCUT2D eigenvalue weighted by Crippen LogP contribution is -2.17. The fraction of sp³-hybridized carbons (Fsp3) is 0.100. The third kappa shape index (κ3) is 1.71. The van der Waals surface area contributed by atoms with Crippen molar-refractivity contribution >= 4 is 38.9 Å². The van der Waals surface area contributed by atoms with Gasteiger partial charge >= 0.3 is 0 Å². The van der Waals surface area contributed by atoms with Crippen LogP contribution < -0.4 is 5.48 Å². The van der Waals surface area contributed by atoms with E-state index in [1.165, 1.54) is 11.3 Å².